The molecule has 0 heterocycles. The summed E-state index contributed by atoms with van der Waals surface area (Å²) in [6, 6.07) is 11.7. The number of hydrogen-bond acceptors (Lipinski definition) is 2. The molecule has 0 saturated heterocycles. The Kier molecular flexibility index (Phi) is 3.76. The summed E-state index contributed by atoms with van der Waals surface area (Å²) in [5.74, 6) is 0.399. The highest BCUT2D eigenvalue weighted by molar-refractivity contribution is 5.76. The number of benzene rings is 2. The maximum absolute atomic E-state index is 10.6. The lowest BCUT2D eigenvalue weighted by atomic mass is 9.81. The van der Waals surface area contributed by atoms with Crippen LogP contribution < -0.4 is 0 Å². The number of aromatic hydroxyl groups is 2. The molecule has 0 aliphatic carbocycles. The Labute approximate surface area is 120 Å². The van der Waals surface area contributed by atoms with Gasteiger partial charge in [-0.15, -0.1) is 0 Å². The predicted octanol–water partition coefficient (Wildman–Crippen LogP) is 4.62. The molecular weight excluding hydrogens is 248 g/mol. The van der Waals surface area contributed by atoms with Crippen molar-refractivity contribution in [2.24, 2.45) is 0 Å². The monoisotopic (exact) mass is 270 g/mol. The summed E-state index contributed by atoms with van der Waals surface area (Å²) in [5, 5.41) is 21.0. The van der Waals surface area contributed by atoms with Gasteiger partial charge in [-0.1, -0.05) is 58.0 Å². The molecule has 0 aliphatic rings. The fourth-order valence-corrected chi connectivity index (χ4v) is 2.54. The largest absolute Gasteiger partial charge is 0.507 e. The van der Waals surface area contributed by atoms with E-state index in [4.69, 9.17) is 0 Å². The van der Waals surface area contributed by atoms with Crippen molar-refractivity contribution in [2.75, 3.05) is 0 Å². The lowest BCUT2D eigenvalue weighted by Gasteiger charge is -2.25. The van der Waals surface area contributed by atoms with Gasteiger partial charge in [0.05, 0.1) is 0 Å². The zero-order chi connectivity index (χ0) is 14.9. The minimum atomic E-state index is -0.317. The molecule has 0 spiro atoms. The minimum absolute atomic E-state index is 0.179. The van der Waals surface area contributed by atoms with Crippen LogP contribution in [-0.4, -0.2) is 10.2 Å². The summed E-state index contributed by atoms with van der Waals surface area (Å²) in [7, 11) is 0. The summed E-state index contributed by atoms with van der Waals surface area (Å²) in [6.07, 6.45) is 0.731. The van der Waals surface area contributed by atoms with Crippen molar-refractivity contribution < 1.29 is 10.2 Å². The second kappa shape index (κ2) is 5.20. The molecule has 2 N–H and O–H groups in total. The van der Waals surface area contributed by atoms with E-state index in [0.29, 0.717) is 5.56 Å². The van der Waals surface area contributed by atoms with Gasteiger partial charge in [-0.25, -0.2) is 0 Å². The maximum Gasteiger partial charge on any atom is 0.130 e. The molecule has 0 amide bonds. The molecule has 0 bridgehead atoms. The van der Waals surface area contributed by atoms with E-state index in [2.05, 4.69) is 0 Å². The van der Waals surface area contributed by atoms with Gasteiger partial charge in [-0.05, 0) is 29.0 Å². The normalized spacial score (nSPS) is 11.6. The van der Waals surface area contributed by atoms with E-state index < -0.39 is 0 Å². The third kappa shape index (κ3) is 2.51. The number of hydrogen-bond donors (Lipinski definition) is 2. The molecule has 0 radical (unpaired) electrons. The Hall–Kier alpha value is -1.96. The van der Waals surface area contributed by atoms with Gasteiger partial charge in [0, 0.05) is 11.1 Å². The molecule has 2 heteroatoms. The van der Waals surface area contributed by atoms with Crippen LogP contribution in [0.4, 0.5) is 0 Å². The molecule has 0 atom stereocenters. The number of rotatable bonds is 2. The van der Waals surface area contributed by atoms with Crippen LogP contribution in [0.15, 0.2) is 36.4 Å². The van der Waals surface area contributed by atoms with Crippen molar-refractivity contribution in [3.05, 3.63) is 47.5 Å². The molecule has 2 rings (SSSR count). The Morgan fingerprint density at radius 2 is 1.55 bits per heavy atom. The summed E-state index contributed by atoms with van der Waals surface area (Å²) >= 11 is 0. The molecule has 0 fully saturated rings. The van der Waals surface area contributed by atoms with Gasteiger partial charge in [0.15, 0.2) is 0 Å². The van der Waals surface area contributed by atoms with Gasteiger partial charge in [-0.2, -0.15) is 0 Å². The van der Waals surface area contributed by atoms with Gasteiger partial charge in [0.2, 0.25) is 0 Å². The van der Waals surface area contributed by atoms with E-state index in [0.717, 1.165) is 23.1 Å². The molecule has 0 aliphatic heterocycles. The van der Waals surface area contributed by atoms with Gasteiger partial charge < -0.3 is 10.2 Å². The van der Waals surface area contributed by atoms with E-state index in [9.17, 15) is 10.2 Å². The van der Waals surface area contributed by atoms with Crippen molar-refractivity contribution in [3.8, 4) is 22.6 Å². The smallest absolute Gasteiger partial charge is 0.130 e. The Bertz CT molecular complexity index is 608. The Morgan fingerprint density at radius 1 is 0.950 bits per heavy atom. The minimum Gasteiger partial charge on any atom is -0.507 e. The molecule has 20 heavy (non-hydrogen) atoms. The molecule has 2 nitrogen and oxygen atoms in total. The first-order chi connectivity index (χ1) is 9.36. The van der Waals surface area contributed by atoms with Gasteiger partial charge in [-0.3, -0.25) is 0 Å². The quantitative estimate of drug-likeness (QED) is 0.835. The average molecular weight is 270 g/mol. The average Bonchev–Trinajstić information content (AvgIpc) is 2.38. The highest BCUT2D eigenvalue weighted by Gasteiger charge is 2.26. The fourth-order valence-electron chi connectivity index (χ4n) is 2.54. The molecule has 106 valence electrons. The number of phenolic OH excluding ortho intramolecular Hbond substituents is 2. The van der Waals surface area contributed by atoms with E-state index in [1.54, 1.807) is 0 Å². The van der Waals surface area contributed by atoms with Gasteiger partial charge in [0.1, 0.15) is 11.5 Å². The highest BCUT2D eigenvalue weighted by atomic mass is 16.3. The first-order valence-corrected chi connectivity index (χ1v) is 7.00. The van der Waals surface area contributed by atoms with Crippen LogP contribution in [-0.2, 0) is 11.8 Å². The van der Waals surface area contributed by atoms with Gasteiger partial charge >= 0.3 is 0 Å². The number of aryl methyl sites for hydroxylation is 1. The lowest BCUT2D eigenvalue weighted by molar-refractivity contribution is 0.408. The van der Waals surface area contributed by atoms with Crippen LogP contribution in [0.25, 0.3) is 11.1 Å². The van der Waals surface area contributed by atoms with Crippen LogP contribution >= 0.6 is 0 Å². The standard InChI is InChI=1S/C18H22O2/c1-5-12-11-14(13-9-7-6-8-10-13)17(20)15(16(12)19)18(2,3)4/h6-11,19-20H,5H2,1-4H3. The van der Waals surface area contributed by atoms with Crippen LogP contribution in [0.3, 0.4) is 0 Å². The van der Waals surface area contributed by atoms with Crippen molar-refractivity contribution in [3.63, 3.8) is 0 Å². The second-order valence-corrected chi connectivity index (χ2v) is 6.13. The summed E-state index contributed by atoms with van der Waals surface area (Å²) in [4.78, 5) is 0. The van der Waals surface area contributed by atoms with Crippen LogP contribution in [0.1, 0.15) is 38.8 Å². The van der Waals surface area contributed by atoms with Crippen LogP contribution in [0.2, 0.25) is 0 Å². The molecule has 0 aromatic heterocycles. The second-order valence-electron chi connectivity index (χ2n) is 6.13. The first kappa shape index (κ1) is 14.4. The Morgan fingerprint density at radius 3 is 2.05 bits per heavy atom. The zero-order valence-corrected chi connectivity index (χ0v) is 12.6. The molecule has 0 saturated carbocycles. The zero-order valence-electron chi connectivity index (χ0n) is 12.6. The van der Waals surface area contributed by atoms with E-state index in [1.807, 2.05) is 64.1 Å². The molecular formula is C18H22O2. The van der Waals surface area contributed by atoms with Crippen LogP contribution in [0, 0.1) is 0 Å². The third-order valence-corrected chi connectivity index (χ3v) is 3.57. The molecule has 2 aromatic carbocycles. The summed E-state index contributed by atoms with van der Waals surface area (Å²) < 4.78 is 0. The van der Waals surface area contributed by atoms with E-state index in [-0.39, 0.29) is 16.9 Å². The fraction of sp³-hybridized carbons (Fsp3) is 0.333. The number of phenols is 2. The van der Waals surface area contributed by atoms with E-state index >= 15 is 0 Å². The van der Waals surface area contributed by atoms with E-state index in [1.165, 1.54) is 0 Å². The SMILES string of the molecule is CCc1cc(-c2ccccc2)c(O)c(C(C)(C)C)c1O. The van der Waals surface area contributed by atoms with Crippen LogP contribution in [0.5, 0.6) is 11.5 Å². The summed E-state index contributed by atoms with van der Waals surface area (Å²) in [5.41, 5.74) is 2.92. The van der Waals surface area contributed by atoms with Crippen molar-refractivity contribution >= 4 is 0 Å². The Balaban J connectivity index is 2.78. The van der Waals surface area contributed by atoms with Gasteiger partial charge in [0.25, 0.3) is 0 Å². The maximum atomic E-state index is 10.6. The predicted molar refractivity (Wildman–Crippen MR) is 83.3 cm³/mol. The lowest BCUT2D eigenvalue weighted by Crippen LogP contribution is -2.13. The van der Waals surface area contributed by atoms with Crippen molar-refractivity contribution in [2.45, 2.75) is 39.5 Å². The van der Waals surface area contributed by atoms with Crippen molar-refractivity contribution in [1.82, 2.24) is 0 Å². The third-order valence-electron chi connectivity index (χ3n) is 3.57. The first-order valence-electron chi connectivity index (χ1n) is 7.00. The molecule has 0 unspecified atom stereocenters. The molecule has 2 aromatic rings. The summed E-state index contributed by atoms with van der Waals surface area (Å²) in [6.45, 7) is 8.00. The van der Waals surface area contributed by atoms with Crippen molar-refractivity contribution in [1.29, 1.82) is 0 Å². The topological polar surface area (TPSA) is 40.5 Å². The highest BCUT2D eigenvalue weighted by Crippen LogP contribution is 2.45.